The summed E-state index contributed by atoms with van der Waals surface area (Å²) in [5, 5.41) is 8.65. The molecule has 3 amide bonds. The summed E-state index contributed by atoms with van der Waals surface area (Å²) in [7, 11) is 0. The Balaban J connectivity index is 1.56. The van der Waals surface area contributed by atoms with Gasteiger partial charge in [-0.15, -0.1) is 0 Å². The standard InChI is InChI=1S/C23H21ClFN3O2/c24-19-8-4-7-18(13-19)22(17-5-2-1-3-6-17)28-21(29)15-27-23(30)26-14-16-9-11-20(25)12-10-16/h1-13,22H,14-15H2,(H,28,29)(H2,26,27,30). The molecule has 0 radical (unpaired) electrons. The van der Waals surface area contributed by atoms with Crippen molar-refractivity contribution in [2.45, 2.75) is 12.6 Å². The first-order valence-corrected chi connectivity index (χ1v) is 9.75. The maximum atomic E-state index is 12.9. The molecule has 7 heteroatoms. The van der Waals surface area contributed by atoms with Crippen LogP contribution in [0.1, 0.15) is 22.7 Å². The number of amides is 3. The summed E-state index contributed by atoms with van der Waals surface area (Å²) in [6.07, 6.45) is 0. The van der Waals surface area contributed by atoms with E-state index in [9.17, 15) is 14.0 Å². The lowest BCUT2D eigenvalue weighted by molar-refractivity contribution is -0.120. The van der Waals surface area contributed by atoms with Crippen molar-refractivity contribution >= 4 is 23.5 Å². The van der Waals surface area contributed by atoms with Crippen LogP contribution in [-0.4, -0.2) is 18.5 Å². The average Bonchev–Trinajstić information content (AvgIpc) is 2.76. The molecule has 1 unspecified atom stereocenters. The Bertz CT molecular complexity index is 997. The molecule has 3 aromatic carbocycles. The van der Waals surface area contributed by atoms with Crippen molar-refractivity contribution in [3.05, 3.63) is 106 Å². The van der Waals surface area contributed by atoms with E-state index in [1.165, 1.54) is 12.1 Å². The van der Waals surface area contributed by atoms with Crippen LogP contribution in [0.25, 0.3) is 0 Å². The van der Waals surface area contributed by atoms with Gasteiger partial charge in [0, 0.05) is 11.6 Å². The summed E-state index contributed by atoms with van der Waals surface area (Å²) < 4.78 is 12.9. The number of rotatable bonds is 7. The summed E-state index contributed by atoms with van der Waals surface area (Å²) in [6, 6.07) is 21.7. The minimum absolute atomic E-state index is 0.195. The molecule has 3 aromatic rings. The highest BCUT2D eigenvalue weighted by atomic mass is 35.5. The van der Waals surface area contributed by atoms with Crippen LogP contribution in [0.3, 0.4) is 0 Å². The Kier molecular flexibility index (Phi) is 7.40. The van der Waals surface area contributed by atoms with Gasteiger partial charge >= 0.3 is 6.03 Å². The van der Waals surface area contributed by atoms with Crippen LogP contribution in [0, 0.1) is 5.82 Å². The van der Waals surface area contributed by atoms with E-state index >= 15 is 0 Å². The number of urea groups is 1. The number of carbonyl (C=O) groups is 2. The summed E-state index contributed by atoms with van der Waals surface area (Å²) in [5.41, 5.74) is 2.48. The normalized spacial score (nSPS) is 11.4. The predicted octanol–water partition coefficient (Wildman–Crippen LogP) is 4.18. The van der Waals surface area contributed by atoms with E-state index in [2.05, 4.69) is 16.0 Å². The number of nitrogens with one attached hydrogen (secondary N) is 3. The minimum Gasteiger partial charge on any atom is -0.344 e. The van der Waals surface area contributed by atoms with Gasteiger partial charge in [0.2, 0.25) is 5.91 Å². The van der Waals surface area contributed by atoms with Gasteiger partial charge < -0.3 is 16.0 Å². The zero-order chi connectivity index (χ0) is 21.3. The summed E-state index contributed by atoms with van der Waals surface area (Å²) >= 11 is 6.11. The van der Waals surface area contributed by atoms with Gasteiger partial charge in [0.1, 0.15) is 5.82 Å². The van der Waals surface area contributed by atoms with Gasteiger partial charge in [-0.05, 0) is 41.0 Å². The molecule has 0 aliphatic rings. The fourth-order valence-corrected chi connectivity index (χ4v) is 3.11. The third-order valence-corrected chi connectivity index (χ3v) is 4.63. The van der Waals surface area contributed by atoms with Gasteiger partial charge in [-0.1, -0.05) is 66.2 Å². The second-order valence-electron chi connectivity index (χ2n) is 6.63. The summed E-state index contributed by atoms with van der Waals surface area (Å²) in [5.74, 6) is -0.687. The van der Waals surface area contributed by atoms with Crippen LogP contribution in [0.15, 0.2) is 78.9 Å². The van der Waals surface area contributed by atoms with E-state index in [1.54, 1.807) is 24.3 Å². The molecule has 1 atom stereocenters. The number of hydrogen-bond acceptors (Lipinski definition) is 2. The van der Waals surface area contributed by atoms with E-state index in [0.717, 1.165) is 16.7 Å². The third kappa shape index (κ3) is 6.32. The van der Waals surface area contributed by atoms with E-state index in [4.69, 9.17) is 11.6 Å². The molecule has 0 fully saturated rings. The van der Waals surface area contributed by atoms with Gasteiger partial charge in [0.25, 0.3) is 0 Å². The number of benzene rings is 3. The second kappa shape index (κ2) is 10.4. The first-order valence-electron chi connectivity index (χ1n) is 9.37. The Morgan fingerprint density at radius 3 is 2.27 bits per heavy atom. The molecule has 3 N–H and O–H groups in total. The lowest BCUT2D eigenvalue weighted by Crippen LogP contribution is -2.42. The number of hydrogen-bond donors (Lipinski definition) is 3. The lowest BCUT2D eigenvalue weighted by Gasteiger charge is -2.20. The molecule has 30 heavy (non-hydrogen) atoms. The molecular formula is C23H21ClFN3O2. The Labute approximate surface area is 179 Å². The van der Waals surface area contributed by atoms with Gasteiger partial charge in [-0.2, -0.15) is 0 Å². The number of carbonyl (C=O) groups excluding carboxylic acids is 2. The summed E-state index contributed by atoms with van der Waals surface area (Å²) in [6.45, 7) is 0.0298. The van der Waals surface area contributed by atoms with Crippen LogP contribution in [0.2, 0.25) is 5.02 Å². The monoisotopic (exact) mass is 425 g/mol. The fraction of sp³-hybridized carbons (Fsp3) is 0.130. The van der Waals surface area contributed by atoms with E-state index in [1.807, 2.05) is 42.5 Å². The smallest absolute Gasteiger partial charge is 0.315 e. The first kappa shape index (κ1) is 21.3. The molecule has 0 aliphatic carbocycles. The maximum Gasteiger partial charge on any atom is 0.315 e. The topological polar surface area (TPSA) is 70.2 Å². The molecule has 0 spiro atoms. The molecule has 154 valence electrons. The van der Waals surface area contributed by atoms with Crippen LogP contribution >= 0.6 is 11.6 Å². The van der Waals surface area contributed by atoms with Crippen molar-refractivity contribution in [2.24, 2.45) is 0 Å². The van der Waals surface area contributed by atoms with Gasteiger partial charge in [-0.3, -0.25) is 4.79 Å². The molecule has 3 rings (SSSR count). The number of halogens is 2. The zero-order valence-electron chi connectivity index (χ0n) is 16.1. The third-order valence-electron chi connectivity index (χ3n) is 4.40. The fourth-order valence-electron chi connectivity index (χ4n) is 2.91. The minimum atomic E-state index is -0.492. The Morgan fingerprint density at radius 2 is 1.57 bits per heavy atom. The van der Waals surface area contributed by atoms with Gasteiger partial charge in [-0.25, -0.2) is 9.18 Å². The quantitative estimate of drug-likeness (QED) is 0.531. The van der Waals surface area contributed by atoms with E-state index in [0.29, 0.717) is 5.02 Å². The predicted molar refractivity (Wildman–Crippen MR) is 115 cm³/mol. The van der Waals surface area contributed by atoms with Crippen LogP contribution < -0.4 is 16.0 Å². The molecule has 0 saturated heterocycles. The van der Waals surface area contributed by atoms with Crippen LogP contribution in [-0.2, 0) is 11.3 Å². The molecule has 0 heterocycles. The van der Waals surface area contributed by atoms with E-state index in [-0.39, 0.29) is 24.8 Å². The van der Waals surface area contributed by atoms with Crippen molar-refractivity contribution in [2.75, 3.05) is 6.54 Å². The lowest BCUT2D eigenvalue weighted by atomic mass is 9.98. The maximum absolute atomic E-state index is 12.9. The Hall–Kier alpha value is -3.38. The van der Waals surface area contributed by atoms with Crippen molar-refractivity contribution in [3.8, 4) is 0 Å². The molecule has 0 aliphatic heterocycles. The first-order chi connectivity index (χ1) is 14.5. The van der Waals surface area contributed by atoms with Gasteiger partial charge in [0.15, 0.2) is 0 Å². The van der Waals surface area contributed by atoms with E-state index < -0.39 is 12.1 Å². The molecule has 0 saturated carbocycles. The molecule has 0 bridgehead atoms. The summed E-state index contributed by atoms with van der Waals surface area (Å²) in [4.78, 5) is 24.4. The van der Waals surface area contributed by atoms with Crippen molar-refractivity contribution in [3.63, 3.8) is 0 Å². The average molecular weight is 426 g/mol. The van der Waals surface area contributed by atoms with Crippen molar-refractivity contribution < 1.29 is 14.0 Å². The largest absolute Gasteiger partial charge is 0.344 e. The Morgan fingerprint density at radius 1 is 0.867 bits per heavy atom. The highest BCUT2D eigenvalue weighted by Crippen LogP contribution is 2.24. The van der Waals surface area contributed by atoms with Crippen molar-refractivity contribution in [1.29, 1.82) is 0 Å². The highest BCUT2D eigenvalue weighted by Gasteiger charge is 2.17. The molecule has 0 aromatic heterocycles. The van der Waals surface area contributed by atoms with Crippen molar-refractivity contribution in [1.82, 2.24) is 16.0 Å². The van der Waals surface area contributed by atoms with Crippen LogP contribution in [0.4, 0.5) is 9.18 Å². The zero-order valence-corrected chi connectivity index (χ0v) is 16.8. The van der Waals surface area contributed by atoms with Crippen LogP contribution in [0.5, 0.6) is 0 Å². The highest BCUT2D eigenvalue weighted by molar-refractivity contribution is 6.30. The van der Waals surface area contributed by atoms with Gasteiger partial charge in [0.05, 0.1) is 12.6 Å². The molecular weight excluding hydrogens is 405 g/mol. The second-order valence-corrected chi connectivity index (χ2v) is 7.07. The molecule has 5 nitrogen and oxygen atoms in total. The SMILES string of the molecule is O=C(CNC(=O)NCc1ccc(F)cc1)NC(c1ccccc1)c1cccc(Cl)c1.